The highest BCUT2D eigenvalue weighted by Gasteiger charge is 2.28. The van der Waals surface area contributed by atoms with Crippen molar-refractivity contribution in [2.24, 2.45) is 5.92 Å². The van der Waals surface area contributed by atoms with Gasteiger partial charge >= 0.3 is 0 Å². The molecule has 0 aromatic heterocycles. The standard InChI is InChI=1S/C20H28IN3O2/c1-15-13-17(21)7-8-18(15)22-19(25)14-23-9-11-24(12-10-23)20(26)16-5-3-2-4-6-16/h7-8,13,16H,2-6,9-12,14H2,1H3,(H,22,25). The minimum Gasteiger partial charge on any atom is -0.340 e. The highest BCUT2D eigenvalue weighted by Crippen LogP contribution is 2.25. The minimum atomic E-state index is 0.0152. The van der Waals surface area contributed by atoms with Crippen LogP contribution in [0.15, 0.2) is 18.2 Å². The highest BCUT2D eigenvalue weighted by atomic mass is 127. The number of nitrogens with one attached hydrogen (secondary N) is 1. The second-order valence-electron chi connectivity index (χ2n) is 7.44. The van der Waals surface area contributed by atoms with E-state index >= 15 is 0 Å². The summed E-state index contributed by atoms with van der Waals surface area (Å²) in [5.41, 5.74) is 1.95. The van der Waals surface area contributed by atoms with Gasteiger partial charge in [0.25, 0.3) is 0 Å². The van der Waals surface area contributed by atoms with Crippen LogP contribution in [0.3, 0.4) is 0 Å². The Bertz CT molecular complexity index is 650. The third kappa shape index (κ3) is 5.19. The number of hydrogen-bond donors (Lipinski definition) is 1. The third-order valence-corrected chi connectivity index (χ3v) is 6.14. The summed E-state index contributed by atoms with van der Waals surface area (Å²) in [6.45, 7) is 5.43. The van der Waals surface area contributed by atoms with Gasteiger partial charge in [-0.2, -0.15) is 0 Å². The maximum absolute atomic E-state index is 12.6. The lowest BCUT2D eigenvalue weighted by Crippen LogP contribution is -2.52. The molecule has 1 heterocycles. The summed E-state index contributed by atoms with van der Waals surface area (Å²) in [4.78, 5) is 29.1. The molecule has 142 valence electrons. The number of nitrogens with zero attached hydrogens (tertiary/aromatic N) is 2. The predicted molar refractivity (Wildman–Crippen MR) is 112 cm³/mol. The Labute approximate surface area is 169 Å². The zero-order valence-electron chi connectivity index (χ0n) is 15.5. The largest absolute Gasteiger partial charge is 0.340 e. The van der Waals surface area contributed by atoms with E-state index in [9.17, 15) is 9.59 Å². The van der Waals surface area contributed by atoms with Crippen LogP contribution in [0.2, 0.25) is 0 Å². The van der Waals surface area contributed by atoms with Crippen LogP contribution in [-0.4, -0.2) is 54.3 Å². The van der Waals surface area contributed by atoms with E-state index in [1.54, 1.807) is 0 Å². The van der Waals surface area contributed by atoms with Gasteiger partial charge in [-0.05, 0) is 66.1 Å². The molecule has 1 aliphatic heterocycles. The predicted octanol–water partition coefficient (Wildman–Crippen LogP) is 3.26. The first kappa shape index (κ1) is 19.6. The third-order valence-electron chi connectivity index (χ3n) is 5.47. The van der Waals surface area contributed by atoms with E-state index in [1.807, 2.05) is 24.0 Å². The fraction of sp³-hybridized carbons (Fsp3) is 0.600. The van der Waals surface area contributed by atoms with Crippen LogP contribution in [0.4, 0.5) is 5.69 Å². The first-order chi connectivity index (χ1) is 12.5. The fourth-order valence-corrected chi connectivity index (χ4v) is 4.54. The number of aryl methyl sites for hydroxylation is 1. The van der Waals surface area contributed by atoms with Crippen molar-refractivity contribution in [1.82, 2.24) is 9.80 Å². The van der Waals surface area contributed by atoms with Gasteiger partial charge in [-0.15, -0.1) is 0 Å². The van der Waals surface area contributed by atoms with E-state index in [0.29, 0.717) is 12.5 Å². The van der Waals surface area contributed by atoms with Gasteiger partial charge in [0.05, 0.1) is 6.54 Å². The molecule has 0 atom stereocenters. The molecular formula is C20H28IN3O2. The van der Waals surface area contributed by atoms with E-state index in [0.717, 1.165) is 53.8 Å². The lowest BCUT2D eigenvalue weighted by Gasteiger charge is -2.36. The lowest BCUT2D eigenvalue weighted by molar-refractivity contribution is -0.138. The van der Waals surface area contributed by atoms with Crippen molar-refractivity contribution in [1.29, 1.82) is 0 Å². The van der Waals surface area contributed by atoms with Crippen LogP contribution in [0.5, 0.6) is 0 Å². The number of anilines is 1. The van der Waals surface area contributed by atoms with E-state index in [4.69, 9.17) is 0 Å². The summed E-state index contributed by atoms with van der Waals surface area (Å²) >= 11 is 2.27. The molecule has 2 fully saturated rings. The summed E-state index contributed by atoms with van der Waals surface area (Å²) in [7, 11) is 0. The molecule has 0 radical (unpaired) electrons. The Morgan fingerprint density at radius 3 is 2.46 bits per heavy atom. The highest BCUT2D eigenvalue weighted by molar-refractivity contribution is 14.1. The maximum Gasteiger partial charge on any atom is 0.238 e. The van der Waals surface area contributed by atoms with Gasteiger partial charge in [0.2, 0.25) is 11.8 Å². The zero-order valence-corrected chi connectivity index (χ0v) is 17.6. The SMILES string of the molecule is Cc1cc(I)ccc1NC(=O)CN1CCN(C(=O)C2CCCCC2)CC1. The van der Waals surface area contributed by atoms with Crippen LogP contribution >= 0.6 is 22.6 Å². The van der Waals surface area contributed by atoms with Crippen LogP contribution in [0.1, 0.15) is 37.7 Å². The summed E-state index contributed by atoms with van der Waals surface area (Å²) in [6.07, 6.45) is 5.75. The summed E-state index contributed by atoms with van der Waals surface area (Å²) in [5.74, 6) is 0.590. The number of rotatable bonds is 4. The van der Waals surface area contributed by atoms with Crippen molar-refractivity contribution in [3.63, 3.8) is 0 Å². The van der Waals surface area contributed by atoms with E-state index < -0.39 is 0 Å². The number of carbonyl (C=O) groups excluding carboxylic acids is 2. The van der Waals surface area contributed by atoms with Gasteiger partial charge < -0.3 is 10.2 Å². The zero-order chi connectivity index (χ0) is 18.5. The van der Waals surface area contributed by atoms with Crippen molar-refractivity contribution in [2.45, 2.75) is 39.0 Å². The molecule has 1 aromatic rings. The Hall–Kier alpha value is -1.15. The Kier molecular flexibility index (Phi) is 6.92. The van der Waals surface area contributed by atoms with Crippen LogP contribution in [0.25, 0.3) is 0 Å². The first-order valence-electron chi connectivity index (χ1n) is 9.60. The summed E-state index contributed by atoms with van der Waals surface area (Å²) in [5, 5.41) is 3.01. The number of benzene rings is 1. The molecule has 2 amide bonds. The maximum atomic E-state index is 12.6. The minimum absolute atomic E-state index is 0.0152. The van der Waals surface area contributed by atoms with E-state index in [1.165, 1.54) is 19.3 Å². The second kappa shape index (κ2) is 9.17. The van der Waals surface area contributed by atoms with Crippen molar-refractivity contribution < 1.29 is 9.59 Å². The molecule has 3 rings (SSSR count). The molecule has 1 aliphatic carbocycles. The number of hydrogen-bond acceptors (Lipinski definition) is 3. The molecule has 5 nitrogen and oxygen atoms in total. The average Bonchev–Trinajstić information content (AvgIpc) is 2.65. The molecule has 2 aliphatic rings. The molecule has 0 spiro atoms. The van der Waals surface area contributed by atoms with Gasteiger partial charge in [0.1, 0.15) is 0 Å². The van der Waals surface area contributed by atoms with Gasteiger partial charge in [-0.1, -0.05) is 19.3 Å². The van der Waals surface area contributed by atoms with Crippen LogP contribution in [0, 0.1) is 16.4 Å². The van der Waals surface area contributed by atoms with Crippen LogP contribution < -0.4 is 5.32 Å². The second-order valence-corrected chi connectivity index (χ2v) is 8.69. The van der Waals surface area contributed by atoms with Gasteiger partial charge in [0, 0.05) is 41.4 Å². The van der Waals surface area contributed by atoms with Crippen molar-refractivity contribution in [2.75, 3.05) is 38.0 Å². The Morgan fingerprint density at radius 2 is 1.81 bits per heavy atom. The molecule has 1 aromatic carbocycles. The fourth-order valence-electron chi connectivity index (χ4n) is 3.89. The summed E-state index contributed by atoms with van der Waals surface area (Å²) < 4.78 is 1.16. The molecular weight excluding hydrogens is 441 g/mol. The molecule has 0 unspecified atom stereocenters. The number of amides is 2. The first-order valence-corrected chi connectivity index (χ1v) is 10.7. The number of piperazine rings is 1. The smallest absolute Gasteiger partial charge is 0.238 e. The molecule has 6 heteroatoms. The normalized spacial score (nSPS) is 19.4. The molecule has 1 saturated carbocycles. The van der Waals surface area contributed by atoms with E-state index in [2.05, 4.69) is 38.9 Å². The van der Waals surface area contributed by atoms with Gasteiger partial charge in [-0.25, -0.2) is 0 Å². The average molecular weight is 469 g/mol. The van der Waals surface area contributed by atoms with E-state index in [-0.39, 0.29) is 11.8 Å². The number of halogens is 1. The van der Waals surface area contributed by atoms with Crippen molar-refractivity contribution in [3.05, 3.63) is 27.3 Å². The summed E-state index contributed by atoms with van der Waals surface area (Å²) in [6, 6.07) is 6.01. The monoisotopic (exact) mass is 469 g/mol. The lowest BCUT2D eigenvalue weighted by atomic mass is 9.88. The van der Waals surface area contributed by atoms with Crippen LogP contribution in [-0.2, 0) is 9.59 Å². The molecule has 1 saturated heterocycles. The number of carbonyl (C=O) groups is 2. The Balaban J connectivity index is 1.44. The quantitative estimate of drug-likeness (QED) is 0.689. The van der Waals surface area contributed by atoms with Gasteiger partial charge in [-0.3, -0.25) is 14.5 Å². The van der Waals surface area contributed by atoms with Crippen molar-refractivity contribution in [3.8, 4) is 0 Å². The molecule has 26 heavy (non-hydrogen) atoms. The van der Waals surface area contributed by atoms with Crippen molar-refractivity contribution >= 4 is 40.1 Å². The Morgan fingerprint density at radius 1 is 1.12 bits per heavy atom. The molecule has 1 N–H and O–H groups in total. The topological polar surface area (TPSA) is 52.7 Å². The van der Waals surface area contributed by atoms with Gasteiger partial charge in [0.15, 0.2) is 0 Å². The molecule has 0 bridgehead atoms.